The van der Waals surface area contributed by atoms with E-state index in [-0.39, 0.29) is 23.2 Å². The number of aryl methyl sites for hydroxylation is 1. The van der Waals surface area contributed by atoms with Gasteiger partial charge in [-0.2, -0.15) is 0 Å². The first-order chi connectivity index (χ1) is 9.88. The molecule has 2 aromatic carbocycles. The SMILES string of the molecule is Cc1cc(NC(C)c2cccc(F)c2)c([N+](=O)[O-])cc1F. The molecule has 0 aliphatic heterocycles. The zero-order chi connectivity index (χ0) is 15.6. The third kappa shape index (κ3) is 3.34. The van der Waals surface area contributed by atoms with E-state index in [1.54, 1.807) is 19.1 Å². The van der Waals surface area contributed by atoms with Gasteiger partial charge in [0.15, 0.2) is 0 Å². The lowest BCUT2D eigenvalue weighted by molar-refractivity contribution is -0.384. The Morgan fingerprint density at radius 3 is 2.57 bits per heavy atom. The van der Waals surface area contributed by atoms with Crippen LogP contribution in [0.4, 0.5) is 20.2 Å². The van der Waals surface area contributed by atoms with Gasteiger partial charge in [0.25, 0.3) is 5.69 Å². The maximum absolute atomic E-state index is 13.5. The van der Waals surface area contributed by atoms with E-state index < -0.39 is 10.7 Å². The normalized spacial score (nSPS) is 12.0. The van der Waals surface area contributed by atoms with Crippen LogP contribution in [0.2, 0.25) is 0 Å². The van der Waals surface area contributed by atoms with Crippen LogP contribution >= 0.6 is 0 Å². The van der Waals surface area contributed by atoms with Gasteiger partial charge in [0.05, 0.1) is 11.0 Å². The fourth-order valence-corrected chi connectivity index (χ4v) is 2.03. The molecule has 0 aliphatic rings. The molecule has 1 atom stereocenters. The van der Waals surface area contributed by atoms with Crippen molar-refractivity contribution >= 4 is 11.4 Å². The van der Waals surface area contributed by atoms with Crippen molar-refractivity contribution in [3.63, 3.8) is 0 Å². The largest absolute Gasteiger partial charge is 0.373 e. The Kier molecular flexibility index (Phi) is 4.16. The Morgan fingerprint density at radius 2 is 1.95 bits per heavy atom. The topological polar surface area (TPSA) is 55.2 Å². The van der Waals surface area contributed by atoms with Crippen molar-refractivity contribution in [1.29, 1.82) is 0 Å². The minimum absolute atomic E-state index is 0.204. The van der Waals surface area contributed by atoms with Gasteiger partial charge in [0.2, 0.25) is 0 Å². The molecule has 0 spiro atoms. The number of nitrogens with zero attached hydrogens (tertiary/aromatic N) is 1. The zero-order valence-electron chi connectivity index (χ0n) is 11.6. The van der Waals surface area contributed by atoms with E-state index in [0.717, 1.165) is 6.07 Å². The van der Waals surface area contributed by atoms with E-state index >= 15 is 0 Å². The third-order valence-corrected chi connectivity index (χ3v) is 3.19. The second-order valence-electron chi connectivity index (χ2n) is 4.80. The number of halogens is 2. The molecule has 21 heavy (non-hydrogen) atoms. The fourth-order valence-electron chi connectivity index (χ4n) is 2.03. The first-order valence-corrected chi connectivity index (χ1v) is 6.35. The van der Waals surface area contributed by atoms with Crippen molar-refractivity contribution in [3.05, 3.63) is 69.3 Å². The van der Waals surface area contributed by atoms with Gasteiger partial charge in [-0.15, -0.1) is 0 Å². The number of rotatable bonds is 4. The first-order valence-electron chi connectivity index (χ1n) is 6.35. The van der Waals surface area contributed by atoms with Crippen LogP contribution in [-0.4, -0.2) is 4.92 Å². The molecule has 0 saturated heterocycles. The molecule has 0 radical (unpaired) electrons. The number of nitro groups is 1. The molecule has 1 N–H and O–H groups in total. The maximum atomic E-state index is 13.5. The lowest BCUT2D eigenvalue weighted by Gasteiger charge is -2.16. The highest BCUT2D eigenvalue weighted by atomic mass is 19.1. The van der Waals surface area contributed by atoms with Crippen LogP contribution in [-0.2, 0) is 0 Å². The van der Waals surface area contributed by atoms with Crippen LogP contribution in [0.3, 0.4) is 0 Å². The van der Waals surface area contributed by atoms with Gasteiger partial charge >= 0.3 is 0 Å². The number of hydrogen-bond acceptors (Lipinski definition) is 3. The fraction of sp³-hybridized carbons (Fsp3) is 0.200. The molecule has 0 saturated carbocycles. The number of hydrogen-bond donors (Lipinski definition) is 1. The summed E-state index contributed by atoms with van der Waals surface area (Å²) >= 11 is 0. The molecule has 0 aliphatic carbocycles. The minimum Gasteiger partial charge on any atom is -0.373 e. The lowest BCUT2D eigenvalue weighted by Crippen LogP contribution is -2.09. The summed E-state index contributed by atoms with van der Waals surface area (Å²) in [6, 6.07) is 7.85. The van der Waals surface area contributed by atoms with Crippen molar-refractivity contribution < 1.29 is 13.7 Å². The molecule has 2 rings (SSSR count). The average Bonchev–Trinajstić information content (AvgIpc) is 2.42. The van der Waals surface area contributed by atoms with Crippen molar-refractivity contribution in [1.82, 2.24) is 0 Å². The van der Waals surface area contributed by atoms with Gasteiger partial charge in [-0.25, -0.2) is 8.78 Å². The highest BCUT2D eigenvalue weighted by Crippen LogP contribution is 2.30. The summed E-state index contributed by atoms with van der Waals surface area (Å²) in [4.78, 5) is 10.3. The number of nitro benzene ring substituents is 1. The van der Waals surface area contributed by atoms with Gasteiger partial charge in [-0.1, -0.05) is 12.1 Å². The van der Waals surface area contributed by atoms with Crippen LogP contribution < -0.4 is 5.32 Å². The van der Waals surface area contributed by atoms with Crippen molar-refractivity contribution in [2.45, 2.75) is 19.9 Å². The molecule has 0 heterocycles. The Morgan fingerprint density at radius 1 is 1.24 bits per heavy atom. The summed E-state index contributed by atoms with van der Waals surface area (Å²) in [6.07, 6.45) is 0. The van der Waals surface area contributed by atoms with E-state index in [0.29, 0.717) is 11.1 Å². The molecule has 2 aromatic rings. The Hall–Kier alpha value is -2.50. The van der Waals surface area contributed by atoms with Gasteiger partial charge in [0.1, 0.15) is 17.3 Å². The zero-order valence-corrected chi connectivity index (χ0v) is 11.6. The van der Waals surface area contributed by atoms with E-state index in [1.807, 2.05) is 0 Å². The average molecular weight is 292 g/mol. The summed E-state index contributed by atoms with van der Waals surface area (Å²) in [5.41, 5.74) is 0.804. The maximum Gasteiger partial charge on any atom is 0.295 e. The minimum atomic E-state index is -0.650. The number of benzene rings is 2. The summed E-state index contributed by atoms with van der Waals surface area (Å²) in [5.74, 6) is -1.02. The predicted molar refractivity (Wildman–Crippen MR) is 76.2 cm³/mol. The van der Waals surface area contributed by atoms with Crippen LogP contribution in [0.25, 0.3) is 0 Å². The molecule has 0 aromatic heterocycles. The molecule has 0 amide bonds. The van der Waals surface area contributed by atoms with E-state index in [4.69, 9.17) is 0 Å². The molecule has 6 heteroatoms. The standard InChI is InChI=1S/C15H14F2N2O2/c1-9-6-14(15(19(20)21)8-13(9)17)18-10(2)11-4-3-5-12(16)7-11/h3-8,10,18H,1-2H3. The van der Waals surface area contributed by atoms with E-state index in [2.05, 4.69) is 5.32 Å². The second-order valence-corrected chi connectivity index (χ2v) is 4.80. The Bertz CT molecular complexity index is 689. The summed E-state index contributed by atoms with van der Waals surface area (Å²) in [7, 11) is 0. The summed E-state index contributed by atoms with van der Waals surface area (Å²) in [5, 5.41) is 13.9. The summed E-state index contributed by atoms with van der Waals surface area (Å²) < 4.78 is 26.7. The van der Waals surface area contributed by atoms with Crippen LogP contribution in [0, 0.1) is 28.7 Å². The van der Waals surface area contributed by atoms with Gasteiger partial charge in [-0.3, -0.25) is 10.1 Å². The quantitative estimate of drug-likeness (QED) is 0.673. The molecule has 0 fully saturated rings. The number of anilines is 1. The first kappa shape index (κ1) is 14.9. The smallest absolute Gasteiger partial charge is 0.295 e. The molecule has 110 valence electrons. The highest BCUT2D eigenvalue weighted by Gasteiger charge is 2.19. The molecular weight excluding hydrogens is 278 g/mol. The van der Waals surface area contributed by atoms with Crippen molar-refractivity contribution in [2.24, 2.45) is 0 Å². The van der Waals surface area contributed by atoms with Crippen molar-refractivity contribution in [2.75, 3.05) is 5.32 Å². The van der Waals surface area contributed by atoms with Crippen LogP contribution in [0.1, 0.15) is 24.1 Å². The summed E-state index contributed by atoms with van der Waals surface area (Å²) in [6.45, 7) is 3.27. The molecule has 4 nitrogen and oxygen atoms in total. The highest BCUT2D eigenvalue weighted by molar-refractivity contribution is 5.63. The van der Waals surface area contributed by atoms with Gasteiger partial charge < -0.3 is 5.32 Å². The Labute approximate surface area is 120 Å². The van der Waals surface area contributed by atoms with Gasteiger partial charge in [-0.05, 0) is 43.2 Å². The molecule has 0 bridgehead atoms. The monoisotopic (exact) mass is 292 g/mol. The molecule has 1 unspecified atom stereocenters. The predicted octanol–water partition coefficient (Wildman–Crippen LogP) is 4.35. The van der Waals surface area contributed by atoms with Crippen LogP contribution in [0.15, 0.2) is 36.4 Å². The number of nitrogens with one attached hydrogen (secondary N) is 1. The van der Waals surface area contributed by atoms with E-state index in [9.17, 15) is 18.9 Å². The Balaban J connectivity index is 2.34. The van der Waals surface area contributed by atoms with E-state index in [1.165, 1.54) is 25.1 Å². The van der Waals surface area contributed by atoms with Crippen LogP contribution in [0.5, 0.6) is 0 Å². The lowest BCUT2D eigenvalue weighted by atomic mass is 10.1. The second kappa shape index (κ2) is 5.87. The van der Waals surface area contributed by atoms with Gasteiger partial charge in [0, 0.05) is 6.04 Å². The van der Waals surface area contributed by atoms with Crippen molar-refractivity contribution in [3.8, 4) is 0 Å². The third-order valence-electron chi connectivity index (χ3n) is 3.19. The molecular formula is C15H14F2N2O2.